The monoisotopic (exact) mass is 219 g/mol. The zero-order valence-corrected chi connectivity index (χ0v) is 9.71. The van der Waals surface area contributed by atoms with Crippen LogP contribution in [0.4, 0.5) is 11.4 Å². The summed E-state index contributed by atoms with van der Waals surface area (Å²) < 4.78 is 0. The van der Waals surface area contributed by atoms with Gasteiger partial charge in [0, 0.05) is 31.2 Å². The van der Waals surface area contributed by atoms with Gasteiger partial charge in [-0.2, -0.15) is 0 Å². The average Bonchev–Trinajstić information content (AvgIpc) is 2.75. The van der Waals surface area contributed by atoms with E-state index in [1.165, 1.54) is 21.4 Å². The Balaban J connectivity index is 2.04. The van der Waals surface area contributed by atoms with E-state index in [2.05, 4.69) is 47.1 Å². The molecule has 0 saturated carbocycles. The Morgan fingerprint density at radius 1 is 1.40 bits per heavy atom. The summed E-state index contributed by atoms with van der Waals surface area (Å²) in [7, 11) is 4.14. The van der Waals surface area contributed by atoms with E-state index in [0.29, 0.717) is 0 Å². The van der Waals surface area contributed by atoms with E-state index in [1.54, 1.807) is 11.8 Å². The molecule has 1 aromatic carbocycles. The highest BCUT2D eigenvalue weighted by molar-refractivity contribution is 8.14. The van der Waals surface area contributed by atoms with E-state index in [0.717, 1.165) is 13.1 Å². The van der Waals surface area contributed by atoms with Crippen LogP contribution in [0.1, 0.15) is 0 Å². The molecular formula is C11H13N3S. The van der Waals surface area contributed by atoms with Gasteiger partial charge in [0.2, 0.25) is 0 Å². The predicted octanol–water partition coefficient (Wildman–Crippen LogP) is 2.03. The molecule has 15 heavy (non-hydrogen) atoms. The highest BCUT2D eigenvalue weighted by Gasteiger charge is 2.29. The minimum atomic E-state index is 0.942. The van der Waals surface area contributed by atoms with E-state index in [-0.39, 0.29) is 0 Å². The van der Waals surface area contributed by atoms with Crippen LogP contribution in [0.25, 0.3) is 0 Å². The number of hydrogen-bond acceptors (Lipinski definition) is 4. The lowest BCUT2D eigenvalue weighted by atomic mass is 10.2. The smallest absolute Gasteiger partial charge is 0.168 e. The van der Waals surface area contributed by atoms with Crippen molar-refractivity contribution in [3.63, 3.8) is 0 Å². The Morgan fingerprint density at radius 3 is 3.07 bits per heavy atom. The molecule has 0 atom stereocenters. The lowest BCUT2D eigenvalue weighted by Gasteiger charge is -2.15. The van der Waals surface area contributed by atoms with Crippen molar-refractivity contribution in [3.8, 4) is 0 Å². The summed E-state index contributed by atoms with van der Waals surface area (Å²) in [5.41, 5.74) is 2.57. The van der Waals surface area contributed by atoms with Crippen LogP contribution in [0.15, 0.2) is 28.1 Å². The Bertz CT molecular complexity index is 439. The van der Waals surface area contributed by atoms with Crippen LogP contribution >= 0.6 is 11.8 Å². The Labute approximate surface area is 93.8 Å². The first kappa shape index (κ1) is 9.09. The highest BCUT2D eigenvalue weighted by atomic mass is 32.2. The van der Waals surface area contributed by atoms with E-state index < -0.39 is 0 Å². The summed E-state index contributed by atoms with van der Waals surface area (Å²) in [6, 6.07) is 6.60. The SMILES string of the molecule is CN(C)c1ccc2c(c1)SC1=NCCN12. The largest absolute Gasteiger partial charge is 0.378 e. The highest BCUT2D eigenvalue weighted by Crippen LogP contribution is 2.43. The first-order valence-electron chi connectivity index (χ1n) is 5.07. The summed E-state index contributed by atoms with van der Waals surface area (Å²) in [6.07, 6.45) is 0. The molecule has 3 nitrogen and oxygen atoms in total. The first-order valence-corrected chi connectivity index (χ1v) is 5.88. The number of anilines is 2. The lowest BCUT2D eigenvalue weighted by molar-refractivity contribution is 1.01. The van der Waals surface area contributed by atoms with Gasteiger partial charge in [0.15, 0.2) is 5.17 Å². The Hall–Kier alpha value is -1.16. The predicted molar refractivity (Wildman–Crippen MR) is 66.3 cm³/mol. The normalized spacial score (nSPS) is 17.5. The summed E-state index contributed by atoms with van der Waals surface area (Å²) >= 11 is 1.79. The molecule has 2 aliphatic heterocycles. The van der Waals surface area contributed by atoms with Crippen molar-refractivity contribution < 1.29 is 0 Å². The molecule has 2 heterocycles. The maximum absolute atomic E-state index is 4.48. The quantitative estimate of drug-likeness (QED) is 0.720. The molecule has 1 aromatic rings. The van der Waals surface area contributed by atoms with Crippen molar-refractivity contribution in [1.29, 1.82) is 0 Å². The number of amidine groups is 1. The van der Waals surface area contributed by atoms with Crippen LogP contribution in [-0.4, -0.2) is 32.4 Å². The topological polar surface area (TPSA) is 18.8 Å². The molecule has 3 rings (SSSR count). The number of aliphatic imine (C=N–C) groups is 1. The van der Waals surface area contributed by atoms with E-state index >= 15 is 0 Å². The van der Waals surface area contributed by atoms with Crippen molar-refractivity contribution in [1.82, 2.24) is 0 Å². The maximum Gasteiger partial charge on any atom is 0.168 e. The Kier molecular flexibility index (Phi) is 1.92. The summed E-state index contributed by atoms with van der Waals surface area (Å²) in [4.78, 5) is 10.2. The number of hydrogen-bond donors (Lipinski definition) is 0. The minimum Gasteiger partial charge on any atom is -0.378 e. The lowest BCUT2D eigenvalue weighted by Crippen LogP contribution is -2.20. The molecule has 0 radical (unpaired) electrons. The van der Waals surface area contributed by atoms with Gasteiger partial charge in [-0.25, -0.2) is 0 Å². The fourth-order valence-corrected chi connectivity index (χ4v) is 3.04. The van der Waals surface area contributed by atoms with Crippen molar-refractivity contribution in [2.45, 2.75) is 4.90 Å². The molecule has 0 fully saturated rings. The molecule has 0 amide bonds. The fraction of sp³-hybridized carbons (Fsp3) is 0.364. The summed E-state index contributed by atoms with van der Waals surface area (Å²) in [5, 5.41) is 1.17. The molecule has 0 N–H and O–H groups in total. The first-order chi connectivity index (χ1) is 7.25. The van der Waals surface area contributed by atoms with Gasteiger partial charge in [0.05, 0.1) is 12.2 Å². The van der Waals surface area contributed by atoms with Gasteiger partial charge in [-0.15, -0.1) is 0 Å². The third kappa shape index (κ3) is 1.32. The van der Waals surface area contributed by atoms with Gasteiger partial charge in [-0.05, 0) is 30.0 Å². The van der Waals surface area contributed by atoms with Gasteiger partial charge in [0.25, 0.3) is 0 Å². The molecule has 4 heteroatoms. The second kappa shape index (κ2) is 3.17. The Morgan fingerprint density at radius 2 is 2.27 bits per heavy atom. The number of nitrogens with zero attached hydrogens (tertiary/aromatic N) is 3. The molecule has 0 unspecified atom stereocenters. The number of fused-ring (bicyclic) bond motifs is 3. The van der Waals surface area contributed by atoms with Gasteiger partial charge in [0.1, 0.15) is 0 Å². The third-order valence-corrected chi connectivity index (χ3v) is 3.83. The van der Waals surface area contributed by atoms with Crippen molar-refractivity contribution in [2.75, 3.05) is 37.0 Å². The molecule has 0 aliphatic carbocycles. The summed E-state index contributed by atoms with van der Waals surface area (Å²) in [6.45, 7) is 1.98. The van der Waals surface area contributed by atoms with Gasteiger partial charge < -0.3 is 9.80 Å². The van der Waals surface area contributed by atoms with Gasteiger partial charge in [-0.1, -0.05) is 0 Å². The zero-order valence-electron chi connectivity index (χ0n) is 8.90. The van der Waals surface area contributed by atoms with Crippen LogP contribution in [0.2, 0.25) is 0 Å². The van der Waals surface area contributed by atoms with Gasteiger partial charge in [-0.3, -0.25) is 4.99 Å². The molecule has 0 spiro atoms. The van der Waals surface area contributed by atoms with Crippen molar-refractivity contribution in [2.24, 2.45) is 4.99 Å². The van der Waals surface area contributed by atoms with Crippen LogP contribution in [-0.2, 0) is 0 Å². The van der Waals surface area contributed by atoms with E-state index in [9.17, 15) is 0 Å². The van der Waals surface area contributed by atoms with E-state index in [4.69, 9.17) is 0 Å². The third-order valence-electron chi connectivity index (χ3n) is 2.75. The van der Waals surface area contributed by atoms with Crippen LogP contribution in [0.5, 0.6) is 0 Å². The second-order valence-electron chi connectivity index (χ2n) is 3.96. The van der Waals surface area contributed by atoms with E-state index in [1.807, 2.05) is 0 Å². The van der Waals surface area contributed by atoms with Gasteiger partial charge >= 0.3 is 0 Å². The fourth-order valence-electron chi connectivity index (χ4n) is 1.92. The molecule has 0 aromatic heterocycles. The minimum absolute atomic E-state index is 0.942. The molecule has 78 valence electrons. The van der Waals surface area contributed by atoms with Crippen LogP contribution < -0.4 is 9.80 Å². The van der Waals surface area contributed by atoms with Crippen molar-refractivity contribution in [3.05, 3.63) is 18.2 Å². The number of thioether (sulfide) groups is 1. The van der Waals surface area contributed by atoms with Crippen LogP contribution in [0, 0.1) is 0 Å². The van der Waals surface area contributed by atoms with Crippen molar-refractivity contribution >= 4 is 28.3 Å². The summed E-state index contributed by atoms with van der Waals surface area (Å²) in [5.74, 6) is 0. The second-order valence-corrected chi connectivity index (χ2v) is 4.97. The molecule has 2 aliphatic rings. The molecular weight excluding hydrogens is 206 g/mol. The average molecular weight is 219 g/mol. The zero-order chi connectivity index (χ0) is 10.4. The maximum atomic E-state index is 4.48. The molecule has 0 bridgehead atoms. The van der Waals surface area contributed by atoms with Crippen LogP contribution in [0.3, 0.4) is 0 Å². The molecule has 0 saturated heterocycles. The number of rotatable bonds is 1. The standard InChI is InChI=1S/C11H13N3S/c1-13(2)8-3-4-9-10(7-8)15-11-12-5-6-14(9)11/h3-4,7H,5-6H2,1-2H3. The number of benzene rings is 1.